The van der Waals surface area contributed by atoms with E-state index in [2.05, 4.69) is 0 Å². The van der Waals surface area contributed by atoms with Gasteiger partial charge in [0.15, 0.2) is 0 Å². The molecule has 43 valence electrons. The maximum Gasteiger partial charge on any atom is 0.414 e. The van der Waals surface area contributed by atoms with Gasteiger partial charge in [-0.15, -0.1) is 0 Å². The van der Waals surface area contributed by atoms with Crippen LogP contribution in [0.4, 0.5) is 0 Å². The molecule has 0 heterocycles. The predicted molar refractivity (Wildman–Crippen MR) is 15.3 cm³/mol. The van der Waals surface area contributed by atoms with Crippen LogP contribution in [0.3, 0.4) is 0 Å². The molecular formula is C2H2O4Rh. The molecule has 0 spiro atoms. The zero-order valence-electron chi connectivity index (χ0n) is 3.04. The molecule has 1 radical (unpaired) electrons. The van der Waals surface area contributed by atoms with Crippen LogP contribution in [0.5, 0.6) is 0 Å². The monoisotopic (exact) mass is 193 g/mol. The summed E-state index contributed by atoms with van der Waals surface area (Å²) in [7, 11) is 0. The van der Waals surface area contributed by atoms with Gasteiger partial charge >= 0.3 is 11.9 Å². The zero-order chi connectivity index (χ0) is 5.15. The minimum Gasteiger partial charge on any atom is -0.473 e. The van der Waals surface area contributed by atoms with Crippen LogP contribution in [0.2, 0.25) is 0 Å². The quantitative estimate of drug-likeness (QED) is 0.388. The molecule has 0 aromatic carbocycles. The average molecular weight is 193 g/mol. The van der Waals surface area contributed by atoms with Gasteiger partial charge in [-0.05, 0) is 0 Å². The molecule has 0 bridgehead atoms. The fourth-order valence-corrected chi connectivity index (χ4v) is 0. The molecule has 0 aromatic heterocycles. The van der Waals surface area contributed by atoms with Crippen LogP contribution in [0, 0.1) is 0 Å². The molecule has 0 saturated carbocycles. The van der Waals surface area contributed by atoms with Gasteiger partial charge in [-0.2, -0.15) is 0 Å². The molecule has 0 aliphatic heterocycles. The number of aliphatic carboxylic acids is 2. The third kappa shape index (κ3) is 5.56. The topological polar surface area (TPSA) is 74.6 Å². The summed E-state index contributed by atoms with van der Waals surface area (Å²) in [5.74, 6) is -3.65. The number of carboxylic acids is 2. The van der Waals surface area contributed by atoms with Crippen LogP contribution in [-0.4, -0.2) is 22.2 Å². The van der Waals surface area contributed by atoms with Crippen molar-refractivity contribution < 1.29 is 39.3 Å². The summed E-state index contributed by atoms with van der Waals surface area (Å²) in [5, 5.41) is 14.8. The van der Waals surface area contributed by atoms with E-state index in [9.17, 15) is 0 Å². The second-order valence-electron chi connectivity index (χ2n) is 0.610. The standard InChI is InChI=1S/C2H2O4.Rh/c3-1(4)2(5)6;/h(H,3,4)(H,5,6);. The molecule has 0 aromatic rings. The first-order chi connectivity index (χ1) is 2.64. The molecule has 0 atom stereocenters. The summed E-state index contributed by atoms with van der Waals surface area (Å²) < 4.78 is 0. The first kappa shape index (κ1) is 9.76. The van der Waals surface area contributed by atoms with Crippen LogP contribution < -0.4 is 0 Å². The molecule has 5 heteroatoms. The van der Waals surface area contributed by atoms with Gasteiger partial charge in [-0.3, -0.25) is 0 Å². The Bertz CT molecular complexity index is 75.7. The number of rotatable bonds is 0. The van der Waals surface area contributed by atoms with Crippen molar-refractivity contribution in [3.63, 3.8) is 0 Å². The number of carboxylic acid groups (broad SMARTS) is 2. The van der Waals surface area contributed by atoms with Gasteiger partial charge in [0.05, 0.1) is 0 Å². The summed E-state index contributed by atoms with van der Waals surface area (Å²) in [5.41, 5.74) is 0. The van der Waals surface area contributed by atoms with E-state index in [-0.39, 0.29) is 19.5 Å². The molecule has 0 saturated heterocycles. The van der Waals surface area contributed by atoms with Gasteiger partial charge in [-0.1, -0.05) is 0 Å². The second kappa shape index (κ2) is 3.74. The largest absolute Gasteiger partial charge is 0.473 e. The van der Waals surface area contributed by atoms with Crippen LogP contribution in [0.25, 0.3) is 0 Å². The van der Waals surface area contributed by atoms with E-state index in [1.165, 1.54) is 0 Å². The van der Waals surface area contributed by atoms with Crippen LogP contribution in [0.15, 0.2) is 0 Å². The molecule has 4 nitrogen and oxygen atoms in total. The smallest absolute Gasteiger partial charge is 0.414 e. The molecule has 0 fully saturated rings. The van der Waals surface area contributed by atoms with Gasteiger partial charge in [0.2, 0.25) is 0 Å². The maximum absolute atomic E-state index is 9.10. The Balaban J connectivity index is 0. The minimum atomic E-state index is -1.82. The third-order valence-corrected chi connectivity index (χ3v) is 0.183. The minimum absolute atomic E-state index is 0. The van der Waals surface area contributed by atoms with Crippen molar-refractivity contribution in [1.29, 1.82) is 0 Å². The van der Waals surface area contributed by atoms with Gasteiger partial charge in [-0.25, -0.2) is 9.59 Å². The fraction of sp³-hybridized carbons (Fsp3) is 0. The Morgan fingerprint density at radius 3 is 1.14 bits per heavy atom. The van der Waals surface area contributed by atoms with Gasteiger partial charge in [0.25, 0.3) is 0 Å². The van der Waals surface area contributed by atoms with Crippen LogP contribution in [-0.2, 0) is 29.1 Å². The van der Waals surface area contributed by atoms with Crippen molar-refractivity contribution in [3.8, 4) is 0 Å². The van der Waals surface area contributed by atoms with Gasteiger partial charge < -0.3 is 10.2 Å². The van der Waals surface area contributed by atoms with Crippen molar-refractivity contribution in [2.45, 2.75) is 0 Å². The van der Waals surface area contributed by atoms with E-state index in [1.54, 1.807) is 0 Å². The van der Waals surface area contributed by atoms with Crippen LogP contribution >= 0.6 is 0 Å². The average Bonchev–Trinajstić information content (AvgIpc) is 1.36. The first-order valence-corrected chi connectivity index (χ1v) is 1.11. The molecule has 0 amide bonds. The Morgan fingerprint density at radius 1 is 1.00 bits per heavy atom. The molecule has 2 N–H and O–H groups in total. The van der Waals surface area contributed by atoms with E-state index < -0.39 is 11.9 Å². The SMILES string of the molecule is O=C(O)C(=O)O.[Rh]. The zero-order valence-corrected chi connectivity index (χ0v) is 4.68. The second-order valence-corrected chi connectivity index (χ2v) is 0.610. The Hall–Kier alpha value is -0.437. The molecule has 7 heavy (non-hydrogen) atoms. The third-order valence-electron chi connectivity index (χ3n) is 0.183. The maximum atomic E-state index is 9.10. The van der Waals surface area contributed by atoms with Crippen molar-refractivity contribution >= 4 is 11.9 Å². The van der Waals surface area contributed by atoms with E-state index >= 15 is 0 Å². The van der Waals surface area contributed by atoms with E-state index in [0.717, 1.165) is 0 Å². The van der Waals surface area contributed by atoms with E-state index in [4.69, 9.17) is 19.8 Å². The molecular weight excluding hydrogens is 191 g/mol. The number of hydrogen-bond donors (Lipinski definition) is 2. The van der Waals surface area contributed by atoms with Crippen molar-refractivity contribution in [2.75, 3.05) is 0 Å². The van der Waals surface area contributed by atoms with E-state index in [0.29, 0.717) is 0 Å². The summed E-state index contributed by atoms with van der Waals surface area (Å²) >= 11 is 0. The molecule has 0 aliphatic rings. The summed E-state index contributed by atoms with van der Waals surface area (Å²) in [6, 6.07) is 0. The normalized spacial score (nSPS) is 6.29. The summed E-state index contributed by atoms with van der Waals surface area (Å²) in [6.45, 7) is 0. The number of carbonyl (C=O) groups is 2. The Kier molecular flexibility index (Phi) is 5.22. The first-order valence-electron chi connectivity index (χ1n) is 1.11. The number of hydrogen-bond acceptors (Lipinski definition) is 2. The molecule has 0 aliphatic carbocycles. The Morgan fingerprint density at radius 2 is 1.14 bits per heavy atom. The van der Waals surface area contributed by atoms with Crippen molar-refractivity contribution in [2.24, 2.45) is 0 Å². The fourth-order valence-electron chi connectivity index (χ4n) is 0. The van der Waals surface area contributed by atoms with Crippen molar-refractivity contribution in [1.82, 2.24) is 0 Å². The Labute approximate surface area is 51.9 Å². The van der Waals surface area contributed by atoms with Gasteiger partial charge in [0, 0.05) is 19.5 Å². The summed E-state index contributed by atoms with van der Waals surface area (Å²) in [6.07, 6.45) is 0. The molecule has 0 rings (SSSR count). The van der Waals surface area contributed by atoms with E-state index in [1.807, 2.05) is 0 Å². The summed E-state index contributed by atoms with van der Waals surface area (Å²) in [4.78, 5) is 18.2. The van der Waals surface area contributed by atoms with Crippen molar-refractivity contribution in [3.05, 3.63) is 0 Å². The van der Waals surface area contributed by atoms with Gasteiger partial charge in [0.1, 0.15) is 0 Å². The van der Waals surface area contributed by atoms with Crippen LogP contribution in [0.1, 0.15) is 0 Å². The predicted octanol–water partition coefficient (Wildman–Crippen LogP) is -0.847. The molecule has 0 unspecified atom stereocenters.